The highest BCUT2D eigenvalue weighted by atomic mass is 16.5. The standard InChI is InChI=1S/C16H25NO/c1-3-4-5-6-7-8-15-16-12(2)9-13(10-17)14(16)11-18-15/h13-16H,2-9,11H2,1H3/t13-,14+,15-,16+/m1/s1. The topological polar surface area (TPSA) is 33.0 Å². The van der Waals surface area contributed by atoms with Gasteiger partial charge in [0.1, 0.15) is 0 Å². The van der Waals surface area contributed by atoms with Crippen molar-refractivity contribution in [2.75, 3.05) is 6.61 Å². The Balaban J connectivity index is 1.78. The molecule has 4 atom stereocenters. The van der Waals surface area contributed by atoms with Crippen molar-refractivity contribution in [1.29, 1.82) is 5.26 Å². The number of hydrogen-bond donors (Lipinski definition) is 0. The van der Waals surface area contributed by atoms with E-state index < -0.39 is 0 Å². The Bertz CT molecular complexity index is 330. The van der Waals surface area contributed by atoms with Gasteiger partial charge in [0, 0.05) is 11.8 Å². The lowest BCUT2D eigenvalue weighted by Gasteiger charge is -2.18. The van der Waals surface area contributed by atoms with Gasteiger partial charge in [0.15, 0.2) is 0 Å². The fourth-order valence-electron chi connectivity index (χ4n) is 3.57. The van der Waals surface area contributed by atoms with E-state index in [1.54, 1.807) is 0 Å². The van der Waals surface area contributed by atoms with Crippen molar-refractivity contribution in [2.24, 2.45) is 17.8 Å². The van der Waals surface area contributed by atoms with Gasteiger partial charge in [-0.1, -0.05) is 51.2 Å². The average Bonchev–Trinajstić information content (AvgIpc) is 2.91. The third-order valence-electron chi connectivity index (χ3n) is 4.59. The molecule has 0 aromatic carbocycles. The van der Waals surface area contributed by atoms with Crippen molar-refractivity contribution < 1.29 is 4.74 Å². The van der Waals surface area contributed by atoms with E-state index in [-0.39, 0.29) is 5.92 Å². The molecule has 0 spiro atoms. The molecule has 2 heteroatoms. The monoisotopic (exact) mass is 247 g/mol. The second kappa shape index (κ2) is 6.38. The van der Waals surface area contributed by atoms with Crippen LogP contribution in [0.25, 0.3) is 0 Å². The van der Waals surface area contributed by atoms with E-state index in [9.17, 15) is 0 Å². The molecule has 1 saturated carbocycles. The molecule has 2 aliphatic rings. The minimum atomic E-state index is 0.160. The summed E-state index contributed by atoms with van der Waals surface area (Å²) in [5.41, 5.74) is 1.27. The van der Waals surface area contributed by atoms with Gasteiger partial charge in [-0.05, 0) is 12.8 Å². The van der Waals surface area contributed by atoms with Gasteiger partial charge in [-0.25, -0.2) is 0 Å². The molecular formula is C16H25NO. The smallest absolute Gasteiger partial charge is 0.0663 e. The number of fused-ring (bicyclic) bond motifs is 1. The first-order valence-corrected chi connectivity index (χ1v) is 7.46. The van der Waals surface area contributed by atoms with Gasteiger partial charge in [0.05, 0.1) is 24.7 Å². The first-order chi connectivity index (χ1) is 8.77. The number of hydrogen-bond acceptors (Lipinski definition) is 2. The Hall–Kier alpha value is -0.810. The van der Waals surface area contributed by atoms with Crippen LogP contribution in [0.2, 0.25) is 0 Å². The maximum absolute atomic E-state index is 9.14. The van der Waals surface area contributed by atoms with Crippen molar-refractivity contribution in [2.45, 2.75) is 58.0 Å². The second-order valence-electron chi connectivity index (χ2n) is 5.86. The SMILES string of the molecule is C=C1C[C@H](C#N)[C@@H]2CO[C@H](CCCCCCC)[C@@H]12. The van der Waals surface area contributed by atoms with Crippen LogP contribution in [0, 0.1) is 29.1 Å². The van der Waals surface area contributed by atoms with E-state index >= 15 is 0 Å². The average molecular weight is 247 g/mol. The zero-order chi connectivity index (χ0) is 13.0. The fraction of sp³-hybridized carbons (Fsp3) is 0.812. The molecule has 100 valence electrons. The number of unbranched alkanes of at least 4 members (excludes halogenated alkanes) is 4. The van der Waals surface area contributed by atoms with Crippen LogP contribution in [-0.4, -0.2) is 12.7 Å². The van der Waals surface area contributed by atoms with Crippen molar-refractivity contribution in [3.05, 3.63) is 12.2 Å². The summed E-state index contributed by atoms with van der Waals surface area (Å²) in [5.74, 6) is 1.07. The van der Waals surface area contributed by atoms with Crippen LogP contribution in [0.5, 0.6) is 0 Å². The summed E-state index contributed by atoms with van der Waals surface area (Å²) in [7, 11) is 0. The van der Waals surface area contributed by atoms with Gasteiger partial charge in [0.25, 0.3) is 0 Å². The van der Waals surface area contributed by atoms with Gasteiger partial charge in [-0.2, -0.15) is 5.26 Å². The molecule has 1 saturated heterocycles. The molecular weight excluding hydrogens is 222 g/mol. The highest BCUT2D eigenvalue weighted by Crippen LogP contribution is 2.48. The lowest BCUT2D eigenvalue weighted by molar-refractivity contribution is 0.0829. The highest BCUT2D eigenvalue weighted by Gasteiger charge is 2.47. The Morgan fingerprint density at radius 1 is 1.33 bits per heavy atom. The molecule has 0 aromatic heterocycles. The summed E-state index contributed by atoms with van der Waals surface area (Å²) >= 11 is 0. The van der Waals surface area contributed by atoms with Crippen LogP contribution in [-0.2, 0) is 4.74 Å². The van der Waals surface area contributed by atoms with E-state index in [4.69, 9.17) is 10.00 Å². The summed E-state index contributed by atoms with van der Waals surface area (Å²) < 4.78 is 5.92. The van der Waals surface area contributed by atoms with Gasteiger partial charge in [0.2, 0.25) is 0 Å². The Kier molecular flexibility index (Phi) is 4.83. The Labute approximate surface area is 111 Å². The normalized spacial score (nSPS) is 34.6. The molecule has 0 radical (unpaired) electrons. The van der Waals surface area contributed by atoms with Gasteiger partial charge < -0.3 is 4.74 Å². The zero-order valence-corrected chi connectivity index (χ0v) is 11.5. The van der Waals surface area contributed by atoms with Gasteiger partial charge >= 0.3 is 0 Å². The molecule has 2 fully saturated rings. The predicted octanol–water partition coefficient (Wildman–Crippen LogP) is 4.08. The zero-order valence-electron chi connectivity index (χ0n) is 11.5. The molecule has 0 N–H and O–H groups in total. The Morgan fingerprint density at radius 3 is 2.83 bits per heavy atom. The highest BCUT2D eigenvalue weighted by molar-refractivity contribution is 5.20. The lowest BCUT2D eigenvalue weighted by atomic mass is 9.87. The van der Waals surface area contributed by atoms with E-state index in [1.807, 2.05) is 0 Å². The van der Waals surface area contributed by atoms with E-state index in [0.717, 1.165) is 19.4 Å². The van der Waals surface area contributed by atoms with Crippen LogP contribution in [0.15, 0.2) is 12.2 Å². The largest absolute Gasteiger partial charge is 0.377 e. The molecule has 1 aliphatic carbocycles. The van der Waals surface area contributed by atoms with E-state index in [0.29, 0.717) is 17.9 Å². The van der Waals surface area contributed by atoms with Crippen molar-refractivity contribution in [3.8, 4) is 6.07 Å². The first-order valence-electron chi connectivity index (χ1n) is 7.46. The molecule has 2 nitrogen and oxygen atoms in total. The quantitative estimate of drug-likeness (QED) is 0.523. The van der Waals surface area contributed by atoms with Gasteiger partial charge in [-0.15, -0.1) is 0 Å². The maximum Gasteiger partial charge on any atom is 0.0663 e. The molecule has 0 aromatic rings. The van der Waals surface area contributed by atoms with Gasteiger partial charge in [-0.3, -0.25) is 0 Å². The predicted molar refractivity (Wildman–Crippen MR) is 73.0 cm³/mol. The number of nitrogens with zero attached hydrogens (tertiary/aromatic N) is 1. The summed E-state index contributed by atoms with van der Waals surface area (Å²) in [6.07, 6.45) is 8.98. The summed E-state index contributed by atoms with van der Waals surface area (Å²) in [5, 5.41) is 9.14. The molecule has 18 heavy (non-hydrogen) atoms. The van der Waals surface area contributed by atoms with Crippen LogP contribution < -0.4 is 0 Å². The minimum Gasteiger partial charge on any atom is -0.377 e. The number of nitriles is 1. The van der Waals surface area contributed by atoms with Crippen LogP contribution in [0.1, 0.15) is 51.9 Å². The van der Waals surface area contributed by atoms with Crippen molar-refractivity contribution >= 4 is 0 Å². The third kappa shape index (κ3) is 2.78. The van der Waals surface area contributed by atoms with E-state index in [2.05, 4.69) is 19.6 Å². The number of ether oxygens (including phenoxy) is 1. The maximum atomic E-state index is 9.14. The van der Waals surface area contributed by atoms with E-state index in [1.165, 1.54) is 37.7 Å². The van der Waals surface area contributed by atoms with Crippen LogP contribution in [0.3, 0.4) is 0 Å². The molecule has 1 aliphatic heterocycles. The van der Waals surface area contributed by atoms with Crippen molar-refractivity contribution in [3.63, 3.8) is 0 Å². The number of rotatable bonds is 6. The summed E-state index contributed by atoms with van der Waals surface area (Å²) in [6, 6.07) is 2.43. The molecule has 0 amide bonds. The van der Waals surface area contributed by atoms with Crippen molar-refractivity contribution in [1.82, 2.24) is 0 Å². The second-order valence-corrected chi connectivity index (χ2v) is 5.86. The minimum absolute atomic E-state index is 0.160. The fourth-order valence-corrected chi connectivity index (χ4v) is 3.57. The lowest BCUT2D eigenvalue weighted by Crippen LogP contribution is -2.18. The molecule has 1 heterocycles. The Morgan fingerprint density at radius 2 is 2.11 bits per heavy atom. The summed E-state index contributed by atoms with van der Waals surface area (Å²) in [6.45, 7) is 7.20. The van der Waals surface area contributed by atoms with Crippen LogP contribution >= 0.6 is 0 Å². The summed E-state index contributed by atoms with van der Waals surface area (Å²) in [4.78, 5) is 0. The molecule has 2 rings (SSSR count). The molecule has 0 unspecified atom stereocenters. The van der Waals surface area contributed by atoms with Crippen LogP contribution in [0.4, 0.5) is 0 Å². The third-order valence-corrected chi connectivity index (χ3v) is 4.59. The molecule has 0 bridgehead atoms. The first kappa shape index (κ1) is 13.6.